The van der Waals surface area contributed by atoms with Gasteiger partial charge in [-0.2, -0.15) is 0 Å². The zero-order valence-electron chi connectivity index (χ0n) is 14.8. The van der Waals surface area contributed by atoms with Crippen molar-refractivity contribution in [2.24, 2.45) is 4.99 Å². The lowest BCUT2D eigenvalue weighted by Crippen LogP contribution is -2.39. The maximum Gasteiger partial charge on any atom is 0.191 e. The molecule has 1 fully saturated rings. The van der Waals surface area contributed by atoms with Crippen LogP contribution in [0.2, 0.25) is 0 Å². The van der Waals surface area contributed by atoms with Crippen LogP contribution in [0.15, 0.2) is 34.6 Å². The number of hydrogen-bond donors (Lipinski definition) is 2. The first-order valence-electron chi connectivity index (χ1n) is 8.80. The first-order valence-corrected chi connectivity index (χ1v) is 9.68. The van der Waals surface area contributed by atoms with E-state index in [0.717, 1.165) is 55.6 Å². The van der Waals surface area contributed by atoms with E-state index in [4.69, 9.17) is 4.99 Å². The Morgan fingerprint density at radius 3 is 2.64 bits per heavy atom. The molecule has 1 aromatic heterocycles. The van der Waals surface area contributed by atoms with E-state index in [9.17, 15) is 4.39 Å². The lowest BCUT2D eigenvalue weighted by atomic mass is 9.96. The molecule has 6 heteroatoms. The number of rotatable bonds is 7. The van der Waals surface area contributed by atoms with Crippen LogP contribution in [0.5, 0.6) is 0 Å². The number of nitrogens with one attached hydrogen (secondary N) is 2. The van der Waals surface area contributed by atoms with Crippen molar-refractivity contribution in [1.82, 2.24) is 15.6 Å². The fourth-order valence-corrected chi connectivity index (χ4v) is 3.54. The minimum atomic E-state index is -0.185. The molecule has 0 saturated heterocycles. The lowest BCUT2D eigenvalue weighted by Gasteiger charge is -2.16. The van der Waals surface area contributed by atoms with Crippen LogP contribution >= 0.6 is 11.3 Å². The van der Waals surface area contributed by atoms with E-state index < -0.39 is 0 Å². The van der Waals surface area contributed by atoms with Crippen molar-refractivity contribution in [3.05, 3.63) is 51.7 Å². The number of aliphatic imine (C=N–C) groups is 1. The number of aromatic nitrogens is 1. The predicted octanol–water partition coefficient (Wildman–Crippen LogP) is 3.42. The van der Waals surface area contributed by atoms with Gasteiger partial charge in [0.1, 0.15) is 5.82 Å². The first kappa shape index (κ1) is 17.9. The zero-order valence-corrected chi connectivity index (χ0v) is 15.6. The Morgan fingerprint density at radius 2 is 2.04 bits per heavy atom. The summed E-state index contributed by atoms with van der Waals surface area (Å²) in [5, 5.41) is 9.89. The first-order chi connectivity index (χ1) is 12.1. The number of aryl methyl sites for hydroxylation is 1. The van der Waals surface area contributed by atoms with Gasteiger partial charge in [0.2, 0.25) is 0 Å². The smallest absolute Gasteiger partial charge is 0.191 e. The molecule has 25 heavy (non-hydrogen) atoms. The van der Waals surface area contributed by atoms with E-state index in [1.54, 1.807) is 23.5 Å². The highest BCUT2D eigenvalue weighted by molar-refractivity contribution is 7.09. The Balaban J connectivity index is 1.57. The van der Waals surface area contributed by atoms with E-state index in [0.29, 0.717) is 0 Å². The molecule has 0 unspecified atom stereocenters. The third-order valence-corrected chi connectivity index (χ3v) is 5.36. The van der Waals surface area contributed by atoms with Gasteiger partial charge in [-0.05, 0) is 44.4 Å². The number of halogens is 1. The number of thiazole rings is 1. The van der Waals surface area contributed by atoms with Gasteiger partial charge in [0.25, 0.3) is 0 Å². The molecule has 1 aliphatic rings. The number of nitrogens with zero attached hydrogens (tertiary/aromatic N) is 2. The Labute approximate surface area is 152 Å². The fraction of sp³-hybridized carbons (Fsp3) is 0.474. The molecular weight excluding hydrogens is 335 g/mol. The van der Waals surface area contributed by atoms with Gasteiger partial charge < -0.3 is 10.6 Å². The Hall–Kier alpha value is -1.95. The monoisotopic (exact) mass is 360 g/mol. The summed E-state index contributed by atoms with van der Waals surface area (Å²) in [7, 11) is 0. The largest absolute Gasteiger partial charge is 0.357 e. The maximum atomic E-state index is 13.1. The molecule has 0 aliphatic heterocycles. The molecule has 2 aromatic rings. The molecular formula is C19H25FN4S. The topological polar surface area (TPSA) is 49.3 Å². The van der Waals surface area contributed by atoms with Crippen LogP contribution in [-0.2, 0) is 11.8 Å². The van der Waals surface area contributed by atoms with Gasteiger partial charge in [-0.3, -0.25) is 4.99 Å². The average Bonchev–Trinajstić information content (AvgIpc) is 3.28. The van der Waals surface area contributed by atoms with E-state index in [2.05, 4.69) is 27.9 Å². The second kappa shape index (κ2) is 7.95. The molecule has 2 N–H and O–H groups in total. The SMILES string of the molecule is CCNC(=NCC1(c2ccc(F)cc2)CC1)NCCc1csc(C)n1. The summed E-state index contributed by atoms with van der Waals surface area (Å²) in [4.78, 5) is 9.25. The van der Waals surface area contributed by atoms with Gasteiger partial charge in [-0.25, -0.2) is 9.37 Å². The van der Waals surface area contributed by atoms with Gasteiger partial charge in [0, 0.05) is 30.3 Å². The van der Waals surface area contributed by atoms with Crippen molar-refractivity contribution in [2.45, 2.75) is 38.5 Å². The van der Waals surface area contributed by atoms with Gasteiger partial charge in [-0.15, -0.1) is 11.3 Å². The van der Waals surface area contributed by atoms with Gasteiger partial charge >= 0.3 is 0 Å². The van der Waals surface area contributed by atoms with E-state index in [1.165, 1.54) is 5.56 Å². The van der Waals surface area contributed by atoms with Crippen LogP contribution in [0.25, 0.3) is 0 Å². The Bertz CT molecular complexity index is 719. The lowest BCUT2D eigenvalue weighted by molar-refractivity contribution is 0.623. The summed E-state index contributed by atoms with van der Waals surface area (Å²) in [5.74, 6) is 0.651. The van der Waals surface area contributed by atoms with E-state index >= 15 is 0 Å². The molecule has 134 valence electrons. The fourth-order valence-electron chi connectivity index (χ4n) is 2.90. The summed E-state index contributed by atoms with van der Waals surface area (Å²) in [6, 6.07) is 6.86. The average molecular weight is 361 g/mol. The summed E-state index contributed by atoms with van der Waals surface area (Å²) in [6.07, 6.45) is 3.11. The molecule has 0 spiro atoms. The summed E-state index contributed by atoms with van der Waals surface area (Å²) in [5.41, 5.74) is 2.39. The van der Waals surface area contributed by atoms with Crippen LogP contribution in [0.4, 0.5) is 4.39 Å². The second-order valence-corrected chi connectivity index (χ2v) is 7.58. The van der Waals surface area contributed by atoms with Crippen LogP contribution < -0.4 is 10.6 Å². The van der Waals surface area contributed by atoms with Crippen molar-refractivity contribution in [1.29, 1.82) is 0 Å². The summed E-state index contributed by atoms with van der Waals surface area (Å²) >= 11 is 1.68. The number of benzene rings is 1. The van der Waals surface area contributed by atoms with Gasteiger partial charge in [0.05, 0.1) is 17.2 Å². The summed E-state index contributed by atoms with van der Waals surface area (Å²) in [6.45, 7) is 6.44. The molecule has 1 aliphatic carbocycles. The molecule has 1 saturated carbocycles. The molecule has 3 rings (SSSR count). The Morgan fingerprint density at radius 1 is 1.28 bits per heavy atom. The highest BCUT2D eigenvalue weighted by Gasteiger charge is 2.44. The third-order valence-electron chi connectivity index (χ3n) is 4.53. The quantitative estimate of drug-likeness (QED) is 0.588. The molecule has 4 nitrogen and oxygen atoms in total. The van der Waals surface area contributed by atoms with Gasteiger partial charge in [-0.1, -0.05) is 12.1 Å². The Kier molecular flexibility index (Phi) is 5.68. The molecule has 1 heterocycles. The third kappa shape index (κ3) is 4.78. The number of hydrogen-bond acceptors (Lipinski definition) is 3. The molecule has 0 bridgehead atoms. The number of guanidine groups is 1. The second-order valence-electron chi connectivity index (χ2n) is 6.52. The zero-order chi connectivity index (χ0) is 17.7. The van der Waals surface area contributed by atoms with Crippen molar-refractivity contribution < 1.29 is 4.39 Å². The molecule has 0 amide bonds. The predicted molar refractivity (Wildman–Crippen MR) is 102 cm³/mol. The van der Waals surface area contributed by atoms with Crippen LogP contribution in [0.3, 0.4) is 0 Å². The van der Waals surface area contributed by atoms with Crippen molar-refractivity contribution in [3.63, 3.8) is 0 Å². The molecule has 1 aromatic carbocycles. The minimum Gasteiger partial charge on any atom is -0.357 e. The van der Waals surface area contributed by atoms with E-state index in [1.807, 2.05) is 19.1 Å². The normalized spacial score (nSPS) is 15.9. The van der Waals surface area contributed by atoms with Crippen LogP contribution in [-0.4, -0.2) is 30.6 Å². The molecule has 0 radical (unpaired) electrons. The van der Waals surface area contributed by atoms with E-state index in [-0.39, 0.29) is 11.2 Å². The molecule has 0 atom stereocenters. The van der Waals surface area contributed by atoms with Crippen LogP contribution in [0.1, 0.15) is 36.0 Å². The van der Waals surface area contributed by atoms with Crippen molar-refractivity contribution >= 4 is 17.3 Å². The maximum absolute atomic E-state index is 13.1. The van der Waals surface area contributed by atoms with Crippen molar-refractivity contribution in [2.75, 3.05) is 19.6 Å². The minimum absolute atomic E-state index is 0.0854. The van der Waals surface area contributed by atoms with Crippen LogP contribution in [0, 0.1) is 12.7 Å². The summed E-state index contributed by atoms with van der Waals surface area (Å²) < 4.78 is 13.1. The van der Waals surface area contributed by atoms with Crippen molar-refractivity contribution in [3.8, 4) is 0 Å². The standard InChI is InChI=1S/C19H25FN4S/c1-3-21-18(22-11-8-17-12-25-14(2)24-17)23-13-19(9-10-19)15-4-6-16(20)7-5-15/h4-7,12H,3,8-11,13H2,1-2H3,(H2,21,22,23). The highest BCUT2D eigenvalue weighted by Crippen LogP contribution is 2.48. The highest BCUT2D eigenvalue weighted by atomic mass is 32.1. The van der Waals surface area contributed by atoms with Gasteiger partial charge in [0.15, 0.2) is 5.96 Å².